The van der Waals surface area contributed by atoms with Crippen LogP contribution in [0.5, 0.6) is 0 Å². The van der Waals surface area contributed by atoms with Crippen molar-refractivity contribution in [1.82, 2.24) is 9.97 Å². The van der Waals surface area contributed by atoms with Crippen LogP contribution >= 0.6 is 11.8 Å². The van der Waals surface area contributed by atoms with E-state index >= 15 is 0 Å². The van der Waals surface area contributed by atoms with Crippen molar-refractivity contribution in [2.24, 2.45) is 0 Å². The van der Waals surface area contributed by atoms with Crippen LogP contribution in [0.4, 0.5) is 10.1 Å². The van der Waals surface area contributed by atoms with Gasteiger partial charge in [0.25, 0.3) is 0 Å². The lowest BCUT2D eigenvalue weighted by atomic mass is 9.93. The molecule has 5 rings (SSSR count). The molecule has 1 aliphatic heterocycles. The van der Waals surface area contributed by atoms with Gasteiger partial charge in [0.1, 0.15) is 11.1 Å². The Balaban J connectivity index is 1.38. The number of aromatic amines is 1. The number of nitrogens with zero attached hydrogens (tertiary/aromatic N) is 2. The molecule has 2 N–H and O–H groups in total. The number of carbonyl (C=O) groups is 1. The van der Waals surface area contributed by atoms with Crippen LogP contribution in [-0.2, 0) is 4.79 Å². The van der Waals surface area contributed by atoms with Gasteiger partial charge in [-0.1, -0.05) is 30.3 Å². The van der Waals surface area contributed by atoms with Crippen molar-refractivity contribution in [3.63, 3.8) is 0 Å². The summed E-state index contributed by atoms with van der Waals surface area (Å²) in [7, 11) is 0. The second kappa shape index (κ2) is 9.85. The van der Waals surface area contributed by atoms with Gasteiger partial charge in [-0.25, -0.2) is 4.39 Å². The average molecular weight is 488 g/mol. The van der Waals surface area contributed by atoms with Crippen LogP contribution in [0.2, 0.25) is 0 Å². The number of carbonyl (C=O) groups excluding carboxylic acids is 1. The number of hydrogen-bond acceptors (Lipinski definition) is 5. The topological polar surface area (TPSA) is 86.3 Å². The van der Waals surface area contributed by atoms with E-state index in [1.165, 1.54) is 30.0 Å². The number of amides is 1. The molecule has 0 radical (unpaired) electrons. The largest absolute Gasteiger partial charge is 0.388 e. The first-order chi connectivity index (χ1) is 17.0. The molecule has 1 aliphatic rings. The maximum absolute atomic E-state index is 13.3. The summed E-state index contributed by atoms with van der Waals surface area (Å²) in [6, 6.07) is 20.1. The van der Waals surface area contributed by atoms with Gasteiger partial charge in [0.2, 0.25) is 11.5 Å². The van der Waals surface area contributed by atoms with Crippen LogP contribution in [0.25, 0.3) is 11.1 Å². The minimum absolute atomic E-state index is 0.0772. The van der Waals surface area contributed by atoms with Crippen LogP contribution < -0.4 is 10.5 Å². The molecule has 1 amide bonds. The SMILES string of the molecule is O=C1C(SC[C@H](O)c2ccc(F)cc2)[C@@H](c2ccc(=O)[nH]c2)N1c1ccc(-c2cccnc2)cc1. The fraction of sp³-hybridized carbons (Fsp3) is 0.148. The standard InChI is InChI=1S/C27H22FN3O3S/c28-21-8-3-18(4-9-21)23(32)16-35-26-25(20-7-12-24(33)30-15-20)31(27(26)34)22-10-5-17(6-11-22)19-2-1-13-29-14-19/h1-15,23,25-26,32H,16H2,(H,30,33)/t23-,25+,26?/m0/s1. The van der Waals surface area contributed by atoms with E-state index < -0.39 is 11.4 Å². The number of anilines is 1. The van der Waals surface area contributed by atoms with E-state index in [4.69, 9.17) is 0 Å². The molecule has 4 aromatic rings. The Kier molecular flexibility index (Phi) is 6.48. The molecular weight excluding hydrogens is 465 g/mol. The van der Waals surface area contributed by atoms with Crippen molar-refractivity contribution in [3.05, 3.63) is 119 Å². The lowest BCUT2D eigenvalue weighted by Crippen LogP contribution is -2.58. The van der Waals surface area contributed by atoms with E-state index in [1.807, 2.05) is 36.4 Å². The zero-order chi connectivity index (χ0) is 24.4. The van der Waals surface area contributed by atoms with Crippen LogP contribution in [0, 0.1) is 5.82 Å². The molecule has 0 spiro atoms. The van der Waals surface area contributed by atoms with E-state index in [2.05, 4.69) is 9.97 Å². The minimum Gasteiger partial charge on any atom is -0.388 e. The summed E-state index contributed by atoms with van der Waals surface area (Å²) >= 11 is 1.35. The van der Waals surface area contributed by atoms with Crippen molar-refractivity contribution < 1.29 is 14.3 Å². The summed E-state index contributed by atoms with van der Waals surface area (Å²) in [5.41, 5.74) is 3.89. The van der Waals surface area contributed by atoms with Crippen LogP contribution in [0.1, 0.15) is 23.3 Å². The van der Waals surface area contributed by atoms with Gasteiger partial charge in [0.15, 0.2) is 0 Å². The van der Waals surface area contributed by atoms with Crippen LogP contribution in [0.15, 0.2) is 96.2 Å². The molecule has 35 heavy (non-hydrogen) atoms. The highest BCUT2D eigenvalue weighted by atomic mass is 32.2. The Morgan fingerprint density at radius 2 is 1.77 bits per heavy atom. The molecular formula is C27H22FN3O3S. The van der Waals surface area contributed by atoms with Gasteiger partial charge in [-0.05, 0) is 58.7 Å². The lowest BCUT2D eigenvalue weighted by molar-refractivity contribution is -0.123. The molecule has 0 saturated carbocycles. The van der Waals surface area contributed by atoms with E-state index in [-0.39, 0.29) is 29.1 Å². The van der Waals surface area contributed by atoms with Crippen LogP contribution in [0.3, 0.4) is 0 Å². The van der Waals surface area contributed by atoms with Crippen molar-refractivity contribution in [2.75, 3.05) is 10.7 Å². The molecule has 3 heterocycles. The van der Waals surface area contributed by atoms with E-state index in [9.17, 15) is 19.1 Å². The maximum Gasteiger partial charge on any atom is 0.247 e. The quantitative estimate of drug-likeness (QED) is 0.375. The third-order valence-electron chi connectivity index (χ3n) is 6.02. The molecule has 2 aromatic carbocycles. The van der Waals surface area contributed by atoms with Gasteiger partial charge in [-0.15, -0.1) is 11.8 Å². The molecule has 3 atom stereocenters. The first kappa shape index (κ1) is 23.0. The Bertz CT molecular complexity index is 1360. The number of benzene rings is 2. The molecule has 1 unspecified atom stereocenters. The summed E-state index contributed by atoms with van der Waals surface area (Å²) in [5.74, 6) is -0.173. The van der Waals surface area contributed by atoms with Crippen molar-refractivity contribution in [1.29, 1.82) is 0 Å². The zero-order valence-corrected chi connectivity index (χ0v) is 19.4. The smallest absolute Gasteiger partial charge is 0.247 e. The number of aliphatic hydroxyl groups excluding tert-OH is 1. The predicted molar refractivity (Wildman–Crippen MR) is 135 cm³/mol. The first-order valence-electron chi connectivity index (χ1n) is 11.1. The number of rotatable bonds is 7. The molecule has 0 bridgehead atoms. The van der Waals surface area contributed by atoms with Gasteiger partial charge >= 0.3 is 0 Å². The summed E-state index contributed by atoms with van der Waals surface area (Å²) in [5, 5.41) is 10.1. The molecule has 2 aromatic heterocycles. The van der Waals surface area contributed by atoms with Crippen molar-refractivity contribution in [3.8, 4) is 11.1 Å². The van der Waals surface area contributed by atoms with Crippen molar-refractivity contribution in [2.45, 2.75) is 17.4 Å². The third kappa shape index (κ3) is 4.76. The minimum atomic E-state index is -0.836. The Morgan fingerprint density at radius 1 is 1.00 bits per heavy atom. The predicted octanol–water partition coefficient (Wildman–Crippen LogP) is 4.50. The highest BCUT2D eigenvalue weighted by Crippen LogP contribution is 2.46. The number of thioether (sulfide) groups is 1. The molecule has 1 saturated heterocycles. The van der Waals surface area contributed by atoms with E-state index in [1.54, 1.807) is 41.7 Å². The highest BCUT2D eigenvalue weighted by Gasteiger charge is 2.49. The van der Waals surface area contributed by atoms with Gasteiger partial charge in [-0.2, -0.15) is 0 Å². The Hall–Kier alpha value is -3.75. The maximum atomic E-state index is 13.3. The Morgan fingerprint density at radius 3 is 2.43 bits per heavy atom. The first-order valence-corrected chi connectivity index (χ1v) is 12.1. The molecule has 8 heteroatoms. The number of aromatic nitrogens is 2. The number of nitrogens with one attached hydrogen (secondary N) is 1. The number of aliphatic hydroxyl groups is 1. The van der Waals surface area contributed by atoms with Gasteiger partial charge in [-0.3, -0.25) is 14.6 Å². The molecule has 6 nitrogen and oxygen atoms in total. The van der Waals surface area contributed by atoms with Crippen molar-refractivity contribution >= 4 is 23.4 Å². The monoisotopic (exact) mass is 487 g/mol. The van der Waals surface area contributed by atoms with E-state index in [0.29, 0.717) is 5.56 Å². The highest BCUT2D eigenvalue weighted by molar-refractivity contribution is 8.00. The number of pyridine rings is 2. The third-order valence-corrected chi connectivity index (χ3v) is 7.35. The van der Waals surface area contributed by atoms with Gasteiger partial charge in [0, 0.05) is 36.1 Å². The summed E-state index contributed by atoms with van der Waals surface area (Å²) < 4.78 is 13.2. The second-order valence-electron chi connectivity index (χ2n) is 8.25. The molecule has 1 fully saturated rings. The Labute approximate surface area is 205 Å². The van der Waals surface area contributed by atoms with E-state index in [0.717, 1.165) is 22.4 Å². The number of β-lactam (4-membered cyclic amide) rings is 1. The number of hydrogen-bond donors (Lipinski definition) is 2. The zero-order valence-electron chi connectivity index (χ0n) is 18.5. The summed E-state index contributed by atoms with van der Waals surface area (Å²) in [6.45, 7) is 0. The second-order valence-corrected chi connectivity index (χ2v) is 9.42. The average Bonchev–Trinajstić information content (AvgIpc) is 2.89. The van der Waals surface area contributed by atoms with Gasteiger partial charge in [0.05, 0.1) is 12.1 Å². The van der Waals surface area contributed by atoms with Crippen LogP contribution in [-0.4, -0.2) is 32.0 Å². The number of H-pyrrole nitrogens is 1. The normalized spacial score (nSPS) is 18.2. The summed E-state index contributed by atoms with van der Waals surface area (Å²) in [4.78, 5) is 33.4. The lowest BCUT2D eigenvalue weighted by Gasteiger charge is -2.47. The summed E-state index contributed by atoms with van der Waals surface area (Å²) in [6.07, 6.45) is 4.29. The molecule has 176 valence electrons. The fourth-order valence-electron chi connectivity index (χ4n) is 4.17. The fourth-order valence-corrected chi connectivity index (χ4v) is 5.47. The molecule has 0 aliphatic carbocycles. The van der Waals surface area contributed by atoms with Gasteiger partial charge < -0.3 is 15.0 Å². The number of halogens is 1.